The highest BCUT2D eigenvalue weighted by Crippen LogP contribution is 2.20. The van der Waals surface area contributed by atoms with Gasteiger partial charge in [-0.2, -0.15) is 0 Å². The molecule has 0 aliphatic carbocycles. The molecule has 1 fully saturated rings. The largest absolute Gasteiger partial charge is 0.480 e. The number of carbonyl (C=O) groups excluding carboxylic acids is 5. The topological polar surface area (TPSA) is 248 Å². The number of nitrogens with two attached hydrogens (primary N) is 3. The van der Waals surface area contributed by atoms with Gasteiger partial charge in [-0.15, -0.1) is 0 Å². The van der Waals surface area contributed by atoms with Gasteiger partial charge in [-0.1, -0.05) is 0 Å². The number of carboxylic acid groups (broad SMARTS) is 1. The maximum absolute atomic E-state index is 13.0. The number of amides is 5. The van der Waals surface area contributed by atoms with Crippen LogP contribution in [-0.4, -0.2) is 87.4 Å². The van der Waals surface area contributed by atoms with Crippen molar-refractivity contribution in [1.82, 2.24) is 15.5 Å². The number of hydrogen-bond donors (Lipinski definition) is 7. The van der Waals surface area contributed by atoms with Crippen LogP contribution in [0, 0.1) is 0 Å². The van der Waals surface area contributed by atoms with Crippen molar-refractivity contribution in [3.8, 4) is 0 Å². The van der Waals surface area contributed by atoms with Gasteiger partial charge in [0.1, 0.15) is 18.1 Å². The molecule has 32 heavy (non-hydrogen) atoms. The molecule has 5 unspecified atom stereocenters. The summed E-state index contributed by atoms with van der Waals surface area (Å²) in [7, 11) is 0. The number of aliphatic hydroxyl groups excluding tert-OH is 1. The van der Waals surface area contributed by atoms with Gasteiger partial charge in [-0.3, -0.25) is 24.0 Å². The molecule has 1 heterocycles. The zero-order valence-corrected chi connectivity index (χ0v) is 17.7. The Bertz CT molecular complexity index is 758. The minimum absolute atomic E-state index is 0.127. The van der Waals surface area contributed by atoms with Crippen molar-refractivity contribution < 1.29 is 39.0 Å². The monoisotopic (exact) mass is 458 g/mol. The van der Waals surface area contributed by atoms with Crippen LogP contribution in [0.2, 0.25) is 0 Å². The molecule has 5 atom stereocenters. The normalized spacial score (nSPS) is 19.3. The molecule has 14 nitrogen and oxygen atoms in total. The van der Waals surface area contributed by atoms with Gasteiger partial charge in [-0.05, 0) is 26.2 Å². The Morgan fingerprint density at radius 1 is 1.09 bits per heavy atom. The number of aliphatic hydroxyl groups is 1. The Hall–Kier alpha value is -3.26. The average Bonchev–Trinajstić information content (AvgIpc) is 3.17. The van der Waals surface area contributed by atoms with Crippen LogP contribution >= 0.6 is 0 Å². The van der Waals surface area contributed by atoms with E-state index in [1.54, 1.807) is 0 Å². The van der Waals surface area contributed by atoms with Crippen molar-refractivity contribution >= 4 is 35.5 Å². The van der Waals surface area contributed by atoms with Gasteiger partial charge >= 0.3 is 5.97 Å². The van der Waals surface area contributed by atoms with Crippen LogP contribution in [0.3, 0.4) is 0 Å². The molecule has 0 aromatic rings. The number of aliphatic carboxylic acids is 1. The minimum Gasteiger partial charge on any atom is -0.480 e. The van der Waals surface area contributed by atoms with Gasteiger partial charge in [-0.25, -0.2) is 4.79 Å². The predicted molar refractivity (Wildman–Crippen MR) is 108 cm³/mol. The summed E-state index contributed by atoms with van der Waals surface area (Å²) in [5, 5.41) is 23.8. The molecule has 0 aromatic heterocycles. The van der Waals surface area contributed by atoms with E-state index in [2.05, 4.69) is 10.6 Å². The van der Waals surface area contributed by atoms with Crippen molar-refractivity contribution in [3.63, 3.8) is 0 Å². The SMILES string of the molecule is CC(O)C(NC(=O)C(N)CC(N)=O)C(=O)N1CCCC1C(=O)NC(CCC(N)=O)C(=O)O. The number of nitrogens with zero attached hydrogens (tertiary/aromatic N) is 1. The van der Waals surface area contributed by atoms with E-state index < -0.39 is 72.2 Å². The van der Waals surface area contributed by atoms with E-state index in [1.165, 1.54) is 6.92 Å². The quantitative estimate of drug-likeness (QED) is 0.150. The second-order valence-electron chi connectivity index (χ2n) is 7.60. The van der Waals surface area contributed by atoms with E-state index in [-0.39, 0.29) is 25.8 Å². The van der Waals surface area contributed by atoms with E-state index in [9.17, 15) is 39.0 Å². The first-order valence-corrected chi connectivity index (χ1v) is 9.99. The molecular weight excluding hydrogens is 428 g/mol. The Labute approximate surface area is 183 Å². The summed E-state index contributed by atoms with van der Waals surface area (Å²) in [5.41, 5.74) is 15.6. The van der Waals surface area contributed by atoms with Crippen LogP contribution in [0.25, 0.3) is 0 Å². The van der Waals surface area contributed by atoms with E-state index in [4.69, 9.17) is 17.2 Å². The highest BCUT2D eigenvalue weighted by atomic mass is 16.4. The van der Waals surface area contributed by atoms with Gasteiger partial charge in [0, 0.05) is 13.0 Å². The van der Waals surface area contributed by atoms with E-state index >= 15 is 0 Å². The van der Waals surface area contributed by atoms with E-state index in [1.807, 2.05) is 0 Å². The molecule has 1 aliphatic rings. The van der Waals surface area contributed by atoms with Gasteiger partial charge in [0.05, 0.1) is 18.6 Å². The summed E-state index contributed by atoms with van der Waals surface area (Å²) in [4.78, 5) is 72.1. The fourth-order valence-corrected chi connectivity index (χ4v) is 3.25. The second kappa shape index (κ2) is 12.0. The fraction of sp³-hybridized carbons (Fsp3) is 0.667. The van der Waals surface area contributed by atoms with Crippen molar-refractivity contribution in [3.05, 3.63) is 0 Å². The Morgan fingerprint density at radius 3 is 2.22 bits per heavy atom. The maximum atomic E-state index is 13.0. The predicted octanol–water partition coefficient (Wildman–Crippen LogP) is -4.12. The van der Waals surface area contributed by atoms with Crippen molar-refractivity contribution in [2.24, 2.45) is 17.2 Å². The molecule has 1 saturated heterocycles. The summed E-state index contributed by atoms with van der Waals surface area (Å²) in [6.07, 6.45) is -1.67. The lowest BCUT2D eigenvalue weighted by Gasteiger charge is -2.31. The Kier molecular flexibility index (Phi) is 10.00. The summed E-state index contributed by atoms with van der Waals surface area (Å²) in [5.74, 6) is -5.34. The smallest absolute Gasteiger partial charge is 0.326 e. The van der Waals surface area contributed by atoms with E-state index in [0.717, 1.165) is 4.90 Å². The van der Waals surface area contributed by atoms with Gasteiger partial charge in [0.15, 0.2) is 0 Å². The molecule has 0 aromatic carbocycles. The molecule has 10 N–H and O–H groups in total. The molecule has 14 heteroatoms. The second-order valence-corrected chi connectivity index (χ2v) is 7.60. The average molecular weight is 458 g/mol. The molecular formula is C18H30N6O8. The molecule has 0 saturated carbocycles. The lowest BCUT2D eigenvalue weighted by molar-refractivity contribution is -0.146. The first kappa shape index (κ1) is 26.8. The zero-order chi connectivity index (χ0) is 24.6. The summed E-state index contributed by atoms with van der Waals surface area (Å²) in [6, 6.07) is -5.22. The van der Waals surface area contributed by atoms with Gasteiger partial charge in [0.2, 0.25) is 29.5 Å². The highest BCUT2D eigenvalue weighted by Gasteiger charge is 2.40. The molecule has 5 amide bonds. The number of rotatable bonds is 12. The van der Waals surface area contributed by atoms with Gasteiger partial charge < -0.3 is 42.9 Å². The van der Waals surface area contributed by atoms with Crippen molar-refractivity contribution in [2.45, 2.75) is 69.3 Å². The first-order valence-electron chi connectivity index (χ1n) is 9.99. The molecule has 0 spiro atoms. The maximum Gasteiger partial charge on any atom is 0.326 e. The molecule has 1 aliphatic heterocycles. The molecule has 180 valence electrons. The third kappa shape index (κ3) is 7.77. The zero-order valence-electron chi connectivity index (χ0n) is 17.7. The van der Waals surface area contributed by atoms with Crippen LogP contribution in [0.5, 0.6) is 0 Å². The molecule has 1 rings (SSSR count). The summed E-state index contributed by atoms with van der Waals surface area (Å²) in [6.45, 7) is 1.38. The van der Waals surface area contributed by atoms with Gasteiger partial charge in [0.25, 0.3) is 0 Å². The van der Waals surface area contributed by atoms with Crippen LogP contribution < -0.4 is 27.8 Å². The van der Waals surface area contributed by atoms with Crippen LogP contribution in [0.15, 0.2) is 0 Å². The Morgan fingerprint density at radius 2 is 1.72 bits per heavy atom. The third-order valence-electron chi connectivity index (χ3n) is 4.94. The van der Waals surface area contributed by atoms with Crippen LogP contribution in [0.4, 0.5) is 0 Å². The van der Waals surface area contributed by atoms with Crippen LogP contribution in [0.1, 0.15) is 39.0 Å². The van der Waals surface area contributed by atoms with Crippen LogP contribution in [-0.2, 0) is 28.8 Å². The first-order chi connectivity index (χ1) is 14.8. The van der Waals surface area contributed by atoms with E-state index in [0.29, 0.717) is 6.42 Å². The minimum atomic E-state index is -1.46. The summed E-state index contributed by atoms with van der Waals surface area (Å²) >= 11 is 0. The summed E-state index contributed by atoms with van der Waals surface area (Å²) < 4.78 is 0. The standard InChI is InChI=1S/C18H30N6O8/c1-8(25)14(23-15(28)9(19)7-13(21)27)17(30)24-6-2-3-11(24)16(29)22-10(18(31)32)4-5-12(20)26/h8-11,14,25H,2-7,19H2,1H3,(H2,20,26)(H2,21,27)(H,22,29)(H,23,28)(H,31,32). The third-order valence-corrected chi connectivity index (χ3v) is 4.94. The molecule has 0 bridgehead atoms. The van der Waals surface area contributed by atoms with Crippen molar-refractivity contribution in [2.75, 3.05) is 6.54 Å². The number of nitrogens with one attached hydrogen (secondary N) is 2. The Balaban J connectivity index is 2.91. The lowest BCUT2D eigenvalue weighted by atomic mass is 10.1. The number of carbonyl (C=O) groups is 6. The number of hydrogen-bond acceptors (Lipinski definition) is 8. The molecule has 0 radical (unpaired) electrons. The lowest BCUT2D eigenvalue weighted by Crippen LogP contribution is -2.59. The fourth-order valence-electron chi connectivity index (χ4n) is 3.25. The van der Waals surface area contributed by atoms with Crippen molar-refractivity contribution in [1.29, 1.82) is 0 Å². The number of carboxylic acids is 1. The number of likely N-dealkylation sites (tertiary alicyclic amines) is 1. The number of primary amides is 2. The highest BCUT2D eigenvalue weighted by molar-refractivity contribution is 5.95.